The van der Waals surface area contributed by atoms with E-state index in [9.17, 15) is 9.59 Å². The van der Waals surface area contributed by atoms with Gasteiger partial charge < -0.3 is 15.3 Å². The van der Waals surface area contributed by atoms with Gasteiger partial charge in [0.1, 0.15) is 0 Å². The van der Waals surface area contributed by atoms with Crippen LogP contribution < -0.4 is 5.32 Å². The maximum absolute atomic E-state index is 12.2. The molecule has 21 heavy (non-hydrogen) atoms. The summed E-state index contributed by atoms with van der Waals surface area (Å²) in [7, 11) is 0. The van der Waals surface area contributed by atoms with Crippen LogP contribution in [0.25, 0.3) is 0 Å². The van der Waals surface area contributed by atoms with Crippen LogP contribution in [0.15, 0.2) is 29.2 Å². The van der Waals surface area contributed by atoms with Gasteiger partial charge in [0.05, 0.1) is 12.5 Å². The summed E-state index contributed by atoms with van der Waals surface area (Å²) in [6, 6.07) is 7.87. The standard InChI is InChI=1S/C15H20N2O3S/c1-21-13-5-3-2-4-12(13)16-10-14(18)17-8-6-11(7-9-17)15(19)20/h2-5,11,16H,6-10H2,1H3,(H,19,20). The number of rotatable bonds is 5. The van der Waals surface area contributed by atoms with Gasteiger partial charge in [0.25, 0.3) is 0 Å². The normalized spacial score (nSPS) is 15.8. The van der Waals surface area contributed by atoms with Gasteiger partial charge in [-0.15, -0.1) is 11.8 Å². The van der Waals surface area contributed by atoms with Crippen LogP contribution in [0.2, 0.25) is 0 Å². The van der Waals surface area contributed by atoms with Crippen LogP contribution in [0.1, 0.15) is 12.8 Å². The van der Waals surface area contributed by atoms with Crippen LogP contribution >= 0.6 is 11.8 Å². The first-order valence-corrected chi connectivity index (χ1v) is 8.21. The lowest BCUT2D eigenvalue weighted by atomic mass is 9.97. The molecule has 1 aromatic rings. The molecule has 0 atom stereocenters. The number of hydrogen-bond acceptors (Lipinski definition) is 4. The summed E-state index contributed by atoms with van der Waals surface area (Å²) in [6.45, 7) is 1.30. The Kier molecular flexibility index (Phi) is 5.50. The number of hydrogen-bond donors (Lipinski definition) is 2. The molecule has 6 heteroatoms. The van der Waals surface area contributed by atoms with Crippen LogP contribution in [0, 0.1) is 5.92 Å². The van der Waals surface area contributed by atoms with Gasteiger partial charge in [0.15, 0.2) is 0 Å². The van der Waals surface area contributed by atoms with Crippen molar-refractivity contribution >= 4 is 29.3 Å². The van der Waals surface area contributed by atoms with E-state index in [1.54, 1.807) is 16.7 Å². The van der Waals surface area contributed by atoms with E-state index in [2.05, 4.69) is 5.32 Å². The molecule has 1 saturated heterocycles. The van der Waals surface area contributed by atoms with Gasteiger partial charge in [-0.1, -0.05) is 12.1 Å². The number of likely N-dealkylation sites (tertiary alicyclic amines) is 1. The lowest BCUT2D eigenvalue weighted by Crippen LogP contribution is -2.42. The van der Waals surface area contributed by atoms with Crippen molar-refractivity contribution in [3.8, 4) is 0 Å². The Morgan fingerprint density at radius 2 is 2.00 bits per heavy atom. The number of piperidine rings is 1. The van der Waals surface area contributed by atoms with E-state index in [0.29, 0.717) is 25.9 Å². The number of carbonyl (C=O) groups is 2. The quantitative estimate of drug-likeness (QED) is 0.816. The molecule has 2 N–H and O–H groups in total. The zero-order valence-corrected chi connectivity index (χ0v) is 12.9. The number of thioether (sulfide) groups is 1. The molecule has 0 saturated carbocycles. The number of nitrogens with zero attached hydrogens (tertiary/aromatic N) is 1. The summed E-state index contributed by atoms with van der Waals surface area (Å²) in [4.78, 5) is 25.9. The molecular weight excluding hydrogens is 288 g/mol. The smallest absolute Gasteiger partial charge is 0.306 e. The molecule has 0 spiro atoms. The highest BCUT2D eigenvalue weighted by atomic mass is 32.2. The molecule has 0 unspecified atom stereocenters. The minimum atomic E-state index is -0.755. The molecule has 0 aromatic heterocycles. The minimum absolute atomic E-state index is 0.0229. The lowest BCUT2D eigenvalue weighted by molar-refractivity contribution is -0.145. The Balaban J connectivity index is 1.84. The Morgan fingerprint density at radius 3 is 2.62 bits per heavy atom. The maximum atomic E-state index is 12.2. The van der Waals surface area contributed by atoms with Crippen LogP contribution in [0.3, 0.4) is 0 Å². The third-order valence-electron chi connectivity index (χ3n) is 3.73. The van der Waals surface area contributed by atoms with Crippen molar-refractivity contribution in [3.63, 3.8) is 0 Å². The van der Waals surface area contributed by atoms with Gasteiger partial charge in [-0.05, 0) is 31.2 Å². The van der Waals surface area contributed by atoms with E-state index in [0.717, 1.165) is 10.6 Å². The van der Waals surface area contributed by atoms with E-state index < -0.39 is 5.97 Å². The summed E-state index contributed by atoms with van der Waals surface area (Å²) >= 11 is 1.63. The molecule has 114 valence electrons. The van der Waals surface area contributed by atoms with Gasteiger partial charge in [-0.2, -0.15) is 0 Å². The van der Waals surface area contributed by atoms with Crippen molar-refractivity contribution in [1.82, 2.24) is 4.90 Å². The number of aliphatic carboxylic acids is 1. The Hall–Kier alpha value is -1.69. The molecule has 0 radical (unpaired) electrons. The SMILES string of the molecule is CSc1ccccc1NCC(=O)N1CCC(C(=O)O)CC1. The van der Waals surface area contributed by atoms with Crippen LogP contribution in [0.5, 0.6) is 0 Å². The molecule has 1 aliphatic heterocycles. The number of carboxylic acid groups (broad SMARTS) is 1. The van der Waals surface area contributed by atoms with Crippen LogP contribution in [-0.4, -0.2) is 47.8 Å². The number of carbonyl (C=O) groups excluding carboxylic acids is 1. The average molecular weight is 308 g/mol. The van der Waals surface area contributed by atoms with Crippen molar-refractivity contribution in [2.45, 2.75) is 17.7 Å². The molecule has 1 aliphatic rings. The molecule has 2 rings (SSSR count). The fourth-order valence-electron chi connectivity index (χ4n) is 2.45. The predicted octanol–water partition coefficient (Wildman–Crippen LogP) is 2.14. The van der Waals surface area contributed by atoms with Gasteiger partial charge in [0.2, 0.25) is 5.91 Å². The number of para-hydroxylation sites is 1. The second kappa shape index (κ2) is 7.36. The highest BCUT2D eigenvalue weighted by Gasteiger charge is 2.26. The highest BCUT2D eigenvalue weighted by Crippen LogP contribution is 2.24. The molecule has 5 nitrogen and oxygen atoms in total. The van der Waals surface area contributed by atoms with Crippen molar-refractivity contribution in [2.75, 3.05) is 31.2 Å². The number of benzene rings is 1. The first kappa shape index (κ1) is 15.7. The molecule has 0 aliphatic carbocycles. The second-order valence-electron chi connectivity index (χ2n) is 5.05. The Bertz CT molecular complexity index is 513. The van der Waals surface area contributed by atoms with Gasteiger partial charge in [0, 0.05) is 23.7 Å². The number of nitrogens with one attached hydrogen (secondary N) is 1. The largest absolute Gasteiger partial charge is 0.481 e. The van der Waals surface area contributed by atoms with E-state index in [1.165, 1.54) is 0 Å². The summed E-state index contributed by atoms with van der Waals surface area (Å²) in [6.07, 6.45) is 3.09. The highest BCUT2D eigenvalue weighted by molar-refractivity contribution is 7.98. The topological polar surface area (TPSA) is 69.6 Å². The van der Waals surface area contributed by atoms with Crippen LogP contribution in [0.4, 0.5) is 5.69 Å². The molecule has 1 fully saturated rings. The van der Waals surface area contributed by atoms with Gasteiger partial charge >= 0.3 is 5.97 Å². The zero-order valence-electron chi connectivity index (χ0n) is 12.0. The third-order valence-corrected chi connectivity index (χ3v) is 4.53. The minimum Gasteiger partial charge on any atom is -0.481 e. The summed E-state index contributed by atoms with van der Waals surface area (Å²) in [5.41, 5.74) is 0.957. The summed E-state index contributed by atoms with van der Waals surface area (Å²) < 4.78 is 0. The molecule has 1 heterocycles. The number of anilines is 1. The van der Waals surface area contributed by atoms with E-state index in [4.69, 9.17) is 5.11 Å². The van der Waals surface area contributed by atoms with Crippen molar-refractivity contribution in [3.05, 3.63) is 24.3 Å². The molecule has 0 bridgehead atoms. The first-order valence-electron chi connectivity index (χ1n) is 6.99. The average Bonchev–Trinajstić information content (AvgIpc) is 2.52. The van der Waals surface area contributed by atoms with E-state index >= 15 is 0 Å². The predicted molar refractivity (Wildman–Crippen MR) is 83.7 cm³/mol. The van der Waals surface area contributed by atoms with Crippen molar-refractivity contribution < 1.29 is 14.7 Å². The monoisotopic (exact) mass is 308 g/mol. The Labute approximate surface area is 128 Å². The second-order valence-corrected chi connectivity index (χ2v) is 5.90. The molecular formula is C15H20N2O3S. The maximum Gasteiger partial charge on any atom is 0.306 e. The van der Waals surface area contributed by atoms with Gasteiger partial charge in [-0.25, -0.2) is 0 Å². The lowest BCUT2D eigenvalue weighted by Gasteiger charge is -2.30. The first-order chi connectivity index (χ1) is 10.1. The van der Waals surface area contributed by atoms with E-state index in [1.807, 2.05) is 30.5 Å². The molecule has 1 aromatic carbocycles. The molecule has 1 amide bonds. The summed E-state index contributed by atoms with van der Waals surface area (Å²) in [5, 5.41) is 12.1. The third kappa shape index (κ3) is 4.14. The van der Waals surface area contributed by atoms with Gasteiger partial charge in [-0.3, -0.25) is 9.59 Å². The zero-order chi connectivity index (χ0) is 15.2. The van der Waals surface area contributed by atoms with E-state index in [-0.39, 0.29) is 18.4 Å². The summed E-state index contributed by atoms with van der Waals surface area (Å²) in [5.74, 6) is -1.04. The Morgan fingerprint density at radius 1 is 1.33 bits per heavy atom. The fourth-order valence-corrected chi connectivity index (χ4v) is 3.02. The van der Waals surface area contributed by atoms with Crippen LogP contribution in [-0.2, 0) is 9.59 Å². The van der Waals surface area contributed by atoms with Crippen molar-refractivity contribution in [2.24, 2.45) is 5.92 Å². The number of carboxylic acids is 1. The fraction of sp³-hybridized carbons (Fsp3) is 0.467. The number of amides is 1. The van der Waals surface area contributed by atoms with Crippen molar-refractivity contribution in [1.29, 1.82) is 0 Å².